The summed E-state index contributed by atoms with van der Waals surface area (Å²) in [4.78, 5) is 27.6. The van der Waals surface area contributed by atoms with E-state index in [-0.39, 0.29) is 11.5 Å². The zero-order valence-electron chi connectivity index (χ0n) is 14.1. The first-order valence-electron chi connectivity index (χ1n) is 7.73. The molecule has 3 rings (SSSR count). The number of amides is 1. The van der Waals surface area contributed by atoms with Crippen LogP contribution in [0, 0.1) is 0 Å². The summed E-state index contributed by atoms with van der Waals surface area (Å²) in [7, 11) is 3.92. The number of rotatable bonds is 4. The van der Waals surface area contributed by atoms with E-state index in [0.717, 1.165) is 11.3 Å². The van der Waals surface area contributed by atoms with Crippen LogP contribution >= 0.6 is 24.0 Å². The second-order valence-electron chi connectivity index (χ2n) is 5.84. The minimum Gasteiger partial charge on any atom is -0.545 e. The van der Waals surface area contributed by atoms with E-state index in [1.165, 1.54) is 28.8 Å². The molecule has 2 aromatic carbocycles. The second kappa shape index (κ2) is 7.31. The monoisotopic (exact) mass is 383 g/mol. The molecule has 1 aliphatic rings. The minimum absolute atomic E-state index is 0.000182. The Morgan fingerprint density at radius 3 is 2.50 bits per heavy atom. The van der Waals surface area contributed by atoms with Gasteiger partial charge in [0.25, 0.3) is 5.91 Å². The number of benzene rings is 2. The molecular formula is C19H15N2O3S2-. The maximum atomic E-state index is 12.8. The Balaban J connectivity index is 1.89. The number of hydrogen-bond donors (Lipinski definition) is 0. The number of anilines is 2. The summed E-state index contributed by atoms with van der Waals surface area (Å²) in [6.07, 6.45) is 1.78. The molecule has 5 nitrogen and oxygen atoms in total. The largest absolute Gasteiger partial charge is 0.545 e. The Bertz CT molecular complexity index is 921. The van der Waals surface area contributed by atoms with Crippen LogP contribution in [-0.4, -0.2) is 30.3 Å². The smallest absolute Gasteiger partial charge is 0.270 e. The molecular weight excluding hydrogens is 368 g/mol. The molecule has 1 aliphatic heterocycles. The Kier molecular flexibility index (Phi) is 5.11. The van der Waals surface area contributed by atoms with E-state index in [1.807, 2.05) is 43.3 Å². The number of hydrogen-bond acceptors (Lipinski definition) is 6. The van der Waals surface area contributed by atoms with Crippen molar-refractivity contribution in [2.24, 2.45) is 0 Å². The van der Waals surface area contributed by atoms with E-state index in [4.69, 9.17) is 12.2 Å². The number of carbonyl (C=O) groups is 2. The van der Waals surface area contributed by atoms with Gasteiger partial charge in [-0.05, 0) is 41.5 Å². The van der Waals surface area contributed by atoms with Crippen LogP contribution in [0.2, 0.25) is 0 Å². The molecule has 26 heavy (non-hydrogen) atoms. The van der Waals surface area contributed by atoms with E-state index in [9.17, 15) is 14.7 Å². The highest BCUT2D eigenvalue weighted by atomic mass is 32.2. The third kappa shape index (κ3) is 3.63. The van der Waals surface area contributed by atoms with Crippen LogP contribution in [0.3, 0.4) is 0 Å². The third-order valence-electron chi connectivity index (χ3n) is 3.84. The summed E-state index contributed by atoms with van der Waals surface area (Å²) in [5.74, 6) is -1.57. The van der Waals surface area contributed by atoms with Gasteiger partial charge in [0.05, 0.1) is 16.6 Å². The molecule has 0 spiro atoms. The lowest BCUT2D eigenvalue weighted by Crippen LogP contribution is -2.28. The zero-order valence-corrected chi connectivity index (χ0v) is 15.8. The van der Waals surface area contributed by atoms with Gasteiger partial charge in [-0.25, -0.2) is 0 Å². The van der Waals surface area contributed by atoms with Crippen LogP contribution in [0.25, 0.3) is 6.08 Å². The molecule has 1 amide bonds. The number of aromatic carboxylic acids is 1. The maximum Gasteiger partial charge on any atom is 0.270 e. The van der Waals surface area contributed by atoms with Crippen molar-refractivity contribution >= 4 is 57.6 Å². The lowest BCUT2D eigenvalue weighted by atomic mass is 10.1. The molecule has 2 aromatic rings. The van der Waals surface area contributed by atoms with Gasteiger partial charge < -0.3 is 14.8 Å². The summed E-state index contributed by atoms with van der Waals surface area (Å²) in [6, 6.07) is 13.8. The first-order chi connectivity index (χ1) is 12.4. The number of thiocarbonyl (C=S) groups is 1. The lowest BCUT2D eigenvalue weighted by molar-refractivity contribution is -0.255. The van der Waals surface area contributed by atoms with Gasteiger partial charge >= 0.3 is 0 Å². The quantitative estimate of drug-likeness (QED) is 0.597. The predicted molar refractivity (Wildman–Crippen MR) is 107 cm³/mol. The first kappa shape index (κ1) is 18.2. The minimum atomic E-state index is -1.30. The van der Waals surface area contributed by atoms with Gasteiger partial charge in [-0.3, -0.25) is 9.69 Å². The number of carboxylic acids is 1. The molecule has 1 saturated heterocycles. The summed E-state index contributed by atoms with van der Waals surface area (Å²) >= 11 is 6.51. The molecule has 0 aromatic heterocycles. The number of carbonyl (C=O) groups excluding carboxylic acids is 2. The van der Waals surface area contributed by atoms with E-state index in [0.29, 0.717) is 14.9 Å². The molecule has 0 unspecified atom stereocenters. The van der Waals surface area contributed by atoms with E-state index in [1.54, 1.807) is 18.2 Å². The summed E-state index contributed by atoms with van der Waals surface area (Å²) < 4.78 is 0.363. The molecule has 1 fully saturated rings. The average molecular weight is 383 g/mol. The third-order valence-corrected chi connectivity index (χ3v) is 5.14. The Morgan fingerprint density at radius 2 is 1.88 bits per heavy atom. The number of nitrogens with zero attached hydrogens (tertiary/aromatic N) is 2. The Morgan fingerprint density at radius 1 is 1.19 bits per heavy atom. The zero-order chi connectivity index (χ0) is 18.8. The van der Waals surface area contributed by atoms with Crippen molar-refractivity contribution in [3.63, 3.8) is 0 Å². The van der Waals surface area contributed by atoms with Gasteiger partial charge in [-0.1, -0.05) is 48.2 Å². The van der Waals surface area contributed by atoms with Gasteiger partial charge in [0.1, 0.15) is 0 Å². The molecule has 0 saturated carbocycles. The fourth-order valence-corrected chi connectivity index (χ4v) is 3.78. The molecule has 1 heterocycles. The Labute approximate surface area is 160 Å². The second-order valence-corrected chi connectivity index (χ2v) is 7.52. The van der Waals surface area contributed by atoms with Crippen molar-refractivity contribution in [2.45, 2.75) is 0 Å². The van der Waals surface area contributed by atoms with E-state index < -0.39 is 5.97 Å². The molecule has 0 N–H and O–H groups in total. The topological polar surface area (TPSA) is 63.7 Å². The SMILES string of the molecule is CN(C)c1ccc(/C=C2\SC(=S)N(c3cccc(C(=O)[O-])c3)C2=O)cc1. The van der Waals surface area contributed by atoms with Gasteiger partial charge in [0.15, 0.2) is 4.32 Å². The van der Waals surface area contributed by atoms with Crippen molar-refractivity contribution in [1.29, 1.82) is 0 Å². The summed E-state index contributed by atoms with van der Waals surface area (Å²) in [5, 5.41) is 11.0. The highest BCUT2D eigenvalue weighted by molar-refractivity contribution is 8.27. The van der Waals surface area contributed by atoms with Crippen LogP contribution in [-0.2, 0) is 4.79 Å². The normalized spacial score (nSPS) is 15.6. The summed E-state index contributed by atoms with van der Waals surface area (Å²) in [6.45, 7) is 0. The van der Waals surface area contributed by atoms with Crippen molar-refractivity contribution in [2.75, 3.05) is 23.9 Å². The molecule has 0 aliphatic carbocycles. The maximum absolute atomic E-state index is 12.8. The van der Waals surface area contributed by atoms with Crippen molar-refractivity contribution < 1.29 is 14.7 Å². The van der Waals surface area contributed by atoms with Crippen LogP contribution in [0.15, 0.2) is 53.4 Å². The van der Waals surface area contributed by atoms with Gasteiger partial charge in [-0.15, -0.1) is 0 Å². The standard InChI is InChI=1S/C19H16N2O3S2/c1-20(2)14-8-6-12(7-9-14)10-16-17(22)21(19(25)26-16)15-5-3-4-13(11-15)18(23)24/h3-11H,1-2H3,(H,23,24)/p-1/b16-10-. The van der Waals surface area contributed by atoms with Gasteiger partial charge in [-0.2, -0.15) is 0 Å². The average Bonchev–Trinajstić information content (AvgIpc) is 2.89. The lowest BCUT2D eigenvalue weighted by Gasteiger charge is -2.15. The number of carboxylic acid groups (broad SMARTS) is 1. The van der Waals surface area contributed by atoms with E-state index in [2.05, 4.69) is 0 Å². The molecule has 0 radical (unpaired) electrons. The van der Waals surface area contributed by atoms with Gasteiger partial charge in [0.2, 0.25) is 0 Å². The van der Waals surface area contributed by atoms with E-state index >= 15 is 0 Å². The predicted octanol–water partition coefficient (Wildman–Crippen LogP) is 2.52. The highest BCUT2D eigenvalue weighted by Crippen LogP contribution is 2.36. The number of thioether (sulfide) groups is 1. The molecule has 7 heteroatoms. The first-order valence-corrected chi connectivity index (χ1v) is 8.96. The van der Waals surface area contributed by atoms with Crippen LogP contribution in [0.1, 0.15) is 15.9 Å². The van der Waals surface area contributed by atoms with Crippen molar-refractivity contribution in [1.82, 2.24) is 0 Å². The fourth-order valence-electron chi connectivity index (χ4n) is 2.48. The summed E-state index contributed by atoms with van der Waals surface area (Å²) in [5.41, 5.74) is 2.37. The van der Waals surface area contributed by atoms with Crippen molar-refractivity contribution in [3.05, 3.63) is 64.6 Å². The van der Waals surface area contributed by atoms with Crippen molar-refractivity contribution in [3.8, 4) is 0 Å². The van der Waals surface area contributed by atoms with Crippen LogP contribution in [0.4, 0.5) is 11.4 Å². The molecule has 0 bridgehead atoms. The molecule has 0 atom stereocenters. The Hall–Kier alpha value is -2.64. The highest BCUT2D eigenvalue weighted by Gasteiger charge is 2.33. The molecule has 132 valence electrons. The van der Waals surface area contributed by atoms with Crippen LogP contribution < -0.4 is 14.9 Å². The fraction of sp³-hybridized carbons (Fsp3) is 0.105. The van der Waals surface area contributed by atoms with Gasteiger partial charge in [0, 0.05) is 19.8 Å². The van der Waals surface area contributed by atoms with Crippen LogP contribution in [0.5, 0.6) is 0 Å².